The van der Waals surface area contributed by atoms with E-state index in [1.807, 2.05) is 0 Å². The highest BCUT2D eigenvalue weighted by molar-refractivity contribution is 7.89. The largest absolute Gasteiger partial charge is 0.465 e. The summed E-state index contributed by atoms with van der Waals surface area (Å²) in [7, 11) is -2.55. The lowest BCUT2D eigenvalue weighted by Crippen LogP contribution is -2.32. The van der Waals surface area contributed by atoms with Gasteiger partial charge < -0.3 is 9.84 Å². The van der Waals surface area contributed by atoms with Gasteiger partial charge in [-0.3, -0.25) is 0 Å². The van der Waals surface area contributed by atoms with Gasteiger partial charge in [-0.2, -0.15) is 0 Å². The molecule has 1 aromatic heterocycles. The van der Waals surface area contributed by atoms with Gasteiger partial charge in [0.1, 0.15) is 9.77 Å². The van der Waals surface area contributed by atoms with Gasteiger partial charge in [0.2, 0.25) is 10.0 Å². The molecule has 0 atom stereocenters. The molecule has 0 spiro atoms. The lowest BCUT2D eigenvalue weighted by Gasteiger charge is -2.13. The van der Waals surface area contributed by atoms with Crippen molar-refractivity contribution in [1.82, 2.24) is 4.72 Å². The van der Waals surface area contributed by atoms with E-state index in [2.05, 4.69) is 9.46 Å². The molecule has 1 heterocycles. The fourth-order valence-corrected chi connectivity index (χ4v) is 4.13. The second-order valence-corrected chi connectivity index (χ2v) is 7.24. The van der Waals surface area contributed by atoms with E-state index >= 15 is 0 Å². The van der Waals surface area contributed by atoms with Gasteiger partial charge in [-0.25, -0.2) is 17.9 Å². The average Bonchev–Trinajstić information content (AvgIpc) is 3.01. The molecule has 106 valence electrons. The smallest absolute Gasteiger partial charge is 0.349 e. The van der Waals surface area contributed by atoms with Crippen LogP contribution in [-0.4, -0.2) is 39.8 Å². The van der Waals surface area contributed by atoms with Crippen molar-refractivity contribution in [2.45, 2.75) is 17.7 Å². The number of hydrogen-bond donors (Lipinski definition) is 2. The molecule has 0 aromatic carbocycles. The number of esters is 1. The Labute approximate surface area is 115 Å². The summed E-state index contributed by atoms with van der Waals surface area (Å²) < 4.78 is 31.3. The van der Waals surface area contributed by atoms with Gasteiger partial charge in [-0.1, -0.05) is 0 Å². The summed E-state index contributed by atoms with van der Waals surface area (Å²) in [5.74, 6) is -0.668. The molecule has 0 aliphatic heterocycles. The zero-order valence-corrected chi connectivity index (χ0v) is 12.0. The van der Waals surface area contributed by atoms with Crippen LogP contribution in [0.1, 0.15) is 22.5 Å². The minimum atomic E-state index is -3.76. The molecular formula is C11H15NO5S2. The molecule has 6 nitrogen and oxygen atoms in total. The number of carbonyl (C=O) groups is 1. The van der Waals surface area contributed by atoms with Crippen molar-refractivity contribution in [3.63, 3.8) is 0 Å². The van der Waals surface area contributed by atoms with Crippen LogP contribution in [-0.2, 0) is 14.8 Å². The third-order valence-corrected chi connectivity index (χ3v) is 5.69. The SMILES string of the molecule is COC(=O)c1sccc1S(=O)(=O)NCC1(CO)CC1. The summed E-state index contributed by atoms with van der Waals surface area (Å²) in [5, 5.41) is 10.7. The number of thiophene rings is 1. The van der Waals surface area contributed by atoms with Gasteiger partial charge in [-0.05, 0) is 24.3 Å². The molecule has 1 aromatic rings. The van der Waals surface area contributed by atoms with Crippen LogP contribution < -0.4 is 4.72 Å². The Bertz CT molecular complexity index is 574. The van der Waals surface area contributed by atoms with Crippen LogP contribution in [0, 0.1) is 5.41 Å². The van der Waals surface area contributed by atoms with Crippen molar-refractivity contribution in [2.75, 3.05) is 20.3 Å². The molecule has 2 N–H and O–H groups in total. The number of carbonyl (C=O) groups excluding carboxylic acids is 1. The maximum Gasteiger partial charge on any atom is 0.349 e. The quantitative estimate of drug-likeness (QED) is 0.750. The molecule has 1 fully saturated rings. The molecule has 2 rings (SSSR count). The molecule has 19 heavy (non-hydrogen) atoms. The van der Waals surface area contributed by atoms with Crippen molar-refractivity contribution >= 4 is 27.3 Å². The third-order valence-electron chi connectivity index (χ3n) is 3.22. The lowest BCUT2D eigenvalue weighted by molar-refractivity contribution is 0.0602. The molecule has 0 radical (unpaired) electrons. The van der Waals surface area contributed by atoms with Gasteiger partial charge in [0, 0.05) is 18.6 Å². The van der Waals surface area contributed by atoms with Gasteiger partial charge in [0.05, 0.1) is 7.11 Å². The number of methoxy groups -OCH3 is 1. The van der Waals surface area contributed by atoms with Crippen LogP contribution >= 0.6 is 11.3 Å². The Morgan fingerprint density at radius 1 is 1.58 bits per heavy atom. The number of ether oxygens (including phenoxy) is 1. The first kappa shape index (κ1) is 14.4. The molecule has 1 aliphatic rings. The fourth-order valence-electron chi connectivity index (χ4n) is 1.64. The van der Waals surface area contributed by atoms with Gasteiger partial charge >= 0.3 is 5.97 Å². The summed E-state index contributed by atoms with van der Waals surface area (Å²) >= 11 is 1.02. The van der Waals surface area contributed by atoms with Crippen LogP contribution in [0.25, 0.3) is 0 Å². The van der Waals surface area contributed by atoms with Crippen LogP contribution in [0.4, 0.5) is 0 Å². The second kappa shape index (κ2) is 5.20. The summed E-state index contributed by atoms with van der Waals surface area (Å²) in [6.45, 7) is 0.144. The highest BCUT2D eigenvalue weighted by Gasteiger charge is 2.43. The maximum atomic E-state index is 12.1. The number of hydrogen-bond acceptors (Lipinski definition) is 6. The first-order valence-electron chi connectivity index (χ1n) is 5.70. The van der Waals surface area contributed by atoms with E-state index in [-0.39, 0.29) is 28.3 Å². The van der Waals surface area contributed by atoms with Crippen LogP contribution in [0.2, 0.25) is 0 Å². The van der Waals surface area contributed by atoms with Crippen molar-refractivity contribution in [1.29, 1.82) is 0 Å². The first-order chi connectivity index (χ1) is 8.94. The van der Waals surface area contributed by atoms with Crippen molar-refractivity contribution in [3.05, 3.63) is 16.3 Å². The number of sulfonamides is 1. The monoisotopic (exact) mass is 305 g/mol. The highest BCUT2D eigenvalue weighted by Crippen LogP contribution is 2.44. The maximum absolute atomic E-state index is 12.1. The van der Waals surface area contributed by atoms with E-state index in [9.17, 15) is 13.2 Å². The van der Waals surface area contributed by atoms with Crippen molar-refractivity contribution in [2.24, 2.45) is 5.41 Å². The minimum Gasteiger partial charge on any atom is -0.465 e. The molecular weight excluding hydrogens is 290 g/mol. The highest BCUT2D eigenvalue weighted by atomic mass is 32.2. The Hall–Kier alpha value is -0.960. The summed E-state index contributed by atoms with van der Waals surface area (Å²) in [6, 6.07) is 1.37. The zero-order valence-electron chi connectivity index (χ0n) is 10.4. The van der Waals surface area contributed by atoms with Gasteiger partial charge in [0.25, 0.3) is 0 Å². The van der Waals surface area contributed by atoms with Crippen LogP contribution in [0.15, 0.2) is 16.3 Å². The van der Waals surface area contributed by atoms with E-state index in [1.165, 1.54) is 18.6 Å². The fraction of sp³-hybridized carbons (Fsp3) is 0.545. The molecule has 1 saturated carbocycles. The average molecular weight is 305 g/mol. The van der Waals surface area contributed by atoms with Crippen molar-refractivity contribution in [3.8, 4) is 0 Å². The number of aliphatic hydroxyl groups excluding tert-OH is 1. The molecule has 0 bridgehead atoms. The Morgan fingerprint density at radius 3 is 2.79 bits per heavy atom. The van der Waals surface area contributed by atoms with Gasteiger partial charge in [-0.15, -0.1) is 11.3 Å². The lowest BCUT2D eigenvalue weighted by atomic mass is 10.1. The topological polar surface area (TPSA) is 92.7 Å². The number of nitrogens with one attached hydrogen (secondary N) is 1. The summed E-state index contributed by atoms with van der Waals surface area (Å²) in [6.07, 6.45) is 1.61. The predicted octanol–water partition coefficient (Wildman–Crippen LogP) is 0.586. The molecule has 8 heteroatoms. The zero-order chi connectivity index (χ0) is 14.1. The summed E-state index contributed by atoms with van der Waals surface area (Å²) in [4.78, 5) is 11.5. The van der Waals surface area contributed by atoms with Gasteiger partial charge in [0.15, 0.2) is 0 Å². The number of aliphatic hydroxyl groups is 1. The molecule has 0 amide bonds. The Kier molecular flexibility index (Phi) is 3.95. The molecule has 0 unspecified atom stereocenters. The molecule has 0 saturated heterocycles. The van der Waals surface area contributed by atoms with E-state index in [0.29, 0.717) is 0 Å². The third kappa shape index (κ3) is 2.97. The second-order valence-electron chi connectivity index (χ2n) is 4.59. The first-order valence-corrected chi connectivity index (χ1v) is 8.07. The Balaban J connectivity index is 2.16. The van der Waals surface area contributed by atoms with Crippen LogP contribution in [0.3, 0.4) is 0 Å². The summed E-state index contributed by atoms with van der Waals surface area (Å²) in [5.41, 5.74) is -0.325. The van der Waals surface area contributed by atoms with E-state index < -0.39 is 16.0 Å². The van der Waals surface area contributed by atoms with E-state index in [0.717, 1.165) is 24.2 Å². The normalized spacial score (nSPS) is 17.2. The van der Waals surface area contributed by atoms with Crippen molar-refractivity contribution < 1.29 is 23.1 Å². The predicted molar refractivity (Wildman–Crippen MR) is 69.6 cm³/mol. The van der Waals surface area contributed by atoms with E-state index in [1.54, 1.807) is 0 Å². The van der Waals surface area contributed by atoms with E-state index in [4.69, 9.17) is 5.11 Å². The molecule has 1 aliphatic carbocycles. The Morgan fingerprint density at radius 2 is 2.26 bits per heavy atom. The minimum absolute atomic E-state index is 0.0387. The number of rotatable bonds is 6. The standard InChI is InChI=1S/C11H15NO5S2/c1-17-10(14)9-8(2-5-18-9)19(15,16)12-6-11(7-13)3-4-11/h2,5,12-13H,3-4,6-7H2,1H3. The van der Waals surface area contributed by atoms with Crippen LogP contribution in [0.5, 0.6) is 0 Å².